The van der Waals surface area contributed by atoms with Crippen molar-refractivity contribution in [3.63, 3.8) is 0 Å². The summed E-state index contributed by atoms with van der Waals surface area (Å²) in [4.78, 5) is 0. The lowest BCUT2D eigenvalue weighted by atomic mass is 10.0. The summed E-state index contributed by atoms with van der Waals surface area (Å²) in [7, 11) is 1.63. The zero-order chi connectivity index (χ0) is 8.20. The van der Waals surface area contributed by atoms with E-state index in [9.17, 15) is 0 Å². The molecular weight excluding hydrogens is 128 g/mol. The lowest BCUT2D eigenvalue weighted by Crippen LogP contribution is -2.27. The van der Waals surface area contributed by atoms with Crippen LogP contribution in [-0.2, 0) is 4.74 Å². The highest BCUT2D eigenvalue weighted by Gasteiger charge is 2.19. The first-order chi connectivity index (χ1) is 4.52. The molecule has 1 N–H and O–H groups in total. The molecule has 0 fully saturated rings. The Hall–Kier alpha value is -0.340. The van der Waals surface area contributed by atoms with Gasteiger partial charge in [0.1, 0.15) is 0 Å². The van der Waals surface area contributed by atoms with Crippen LogP contribution in [0.3, 0.4) is 0 Å². The minimum Gasteiger partial charge on any atom is -0.389 e. The standard InChI is InChI=1S/C8H16O2/c1-5-7(9)6-8(2,3)10-4/h5,7,9H,1,6H2,2-4H3. The quantitative estimate of drug-likeness (QED) is 0.603. The predicted octanol–water partition coefficient (Wildman–Crippen LogP) is 1.35. The molecule has 60 valence electrons. The van der Waals surface area contributed by atoms with Crippen LogP contribution in [0.5, 0.6) is 0 Å². The second-order valence-electron chi connectivity index (χ2n) is 2.97. The molecule has 0 saturated heterocycles. The Bertz CT molecular complexity index is 108. The molecule has 0 radical (unpaired) electrons. The summed E-state index contributed by atoms with van der Waals surface area (Å²) in [6.07, 6.45) is 1.64. The number of aliphatic hydroxyl groups is 1. The average molecular weight is 144 g/mol. The summed E-state index contributed by atoms with van der Waals surface area (Å²) in [6.45, 7) is 7.33. The Labute approximate surface area is 62.5 Å². The molecule has 0 aromatic rings. The first kappa shape index (κ1) is 9.66. The molecule has 0 aliphatic rings. The van der Waals surface area contributed by atoms with Crippen LogP contribution in [0.1, 0.15) is 20.3 Å². The number of methoxy groups -OCH3 is 1. The van der Waals surface area contributed by atoms with Crippen LogP contribution in [0.25, 0.3) is 0 Å². The Balaban J connectivity index is 3.75. The molecule has 1 unspecified atom stereocenters. The molecule has 0 amide bonds. The molecule has 0 aliphatic heterocycles. The molecule has 2 heteroatoms. The van der Waals surface area contributed by atoms with Gasteiger partial charge in [0, 0.05) is 13.5 Å². The molecule has 2 nitrogen and oxygen atoms in total. The third kappa shape index (κ3) is 3.64. The van der Waals surface area contributed by atoms with Crippen LogP contribution in [0, 0.1) is 0 Å². The van der Waals surface area contributed by atoms with Gasteiger partial charge in [-0.1, -0.05) is 6.08 Å². The molecule has 0 saturated carbocycles. The van der Waals surface area contributed by atoms with Gasteiger partial charge < -0.3 is 9.84 Å². The molecule has 0 aliphatic carbocycles. The highest BCUT2D eigenvalue weighted by Crippen LogP contribution is 2.15. The van der Waals surface area contributed by atoms with Gasteiger partial charge in [-0.2, -0.15) is 0 Å². The molecular formula is C8H16O2. The van der Waals surface area contributed by atoms with E-state index in [-0.39, 0.29) is 5.60 Å². The van der Waals surface area contributed by atoms with Gasteiger partial charge in [0.05, 0.1) is 11.7 Å². The number of hydrogen-bond donors (Lipinski definition) is 1. The van der Waals surface area contributed by atoms with Crippen LogP contribution < -0.4 is 0 Å². The van der Waals surface area contributed by atoms with E-state index in [0.717, 1.165) is 0 Å². The van der Waals surface area contributed by atoms with Gasteiger partial charge in [0.2, 0.25) is 0 Å². The third-order valence-electron chi connectivity index (χ3n) is 1.53. The van der Waals surface area contributed by atoms with E-state index in [1.165, 1.54) is 6.08 Å². The normalized spacial score (nSPS) is 14.8. The van der Waals surface area contributed by atoms with Gasteiger partial charge in [0.25, 0.3) is 0 Å². The van der Waals surface area contributed by atoms with Crippen LogP contribution in [0.2, 0.25) is 0 Å². The Morgan fingerprint density at radius 1 is 1.70 bits per heavy atom. The summed E-state index contributed by atoms with van der Waals surface area (Å²) < 4.78 is 5.10. The van der Waals surface area contributed by atoms with Gasteiger partial charge in [-0.05, 0) is 13.8 Å². The minimum atomic E-state index is -0.463. The number of hydrogen-bond acceptors (Lipinski definition) is 2. The van der Waals surface area contributed by atoms with Crippen molar-refractivity contribution in [3.05, 3.63) is 12.7 Å². The molecule has 0 spiro atoms. The van der Waals surface area contributed by atoms with Crippen molar-refractivity contribution in [2.75, 3.05) is 7.11 Å². The lowest BCUT2D eigenvalue weighted by molar-refractivity contribution is -0.00949. The molecule has 0 bridgehead atoms. The fourth-order valence-electron chi connectivity index (χ4n) is 0.670. The van der Waals surface area contributed by atoms with Gasteiger partial charge in [0.15, 0.2) is 0 Å². The maximum absolute atomic E-state index is 9.13. The molecule has 10 heavy (non-hydrogen) atoms. The Kier molecular flexibility index (Phi) is 3.61. The van der Waals surface area contributed by atoms with Crippen molar-refractivity contribution >= 4 is 0 Å². The minimum absolute atomic E-state index is 0.256. The van der Waals surface area contributed by atoms with E-state index in [1.54, 1.807) is 7.11 Å². The number of aliphatic hydroxyl groups excluding tert-OH is 1. The number of rotatable bonds is 4. The summed E-state index contributed by atoms with van der Waals surface area (Å²) in [5.41, 5.74) is -0.256. The monoisotopic (exact) mass is 144 g/mol. The van der Waals surface area contributed by atoms with Gasteiger partial charge >= 0.3 is 0 Å². The topological polar surface area (TPSA) is 29.5 Å². The highest BCUT2D eigenvalue weighted by atomic mass is 16.5. The van der Waals surface area contributed by atoms with E-state index in [2.05, 4.69) is 6.58 Å². The summed E-state index contributed by atoms with van der Waals surface area (Å²) in [5, 5.41) is 9.13. The van der Waals surface area contributed by atoms with Crippen LogP contribution in [0.15, 0.2) is 12.7 Å². The molecule has 0 heterocycles. The van der Waals surface area contributed by atoms with E-state index in [4.69, 9.17) is 9.84 Å². The zero-order valence-corrected chi connectivity index (χ0v) is 6.92. The maximum atomic E-state index is 9.13. The van der Waals surface area contributed by atoms with Crippen LogP contribution >= 0.6 is 0 Å². The summed E-state index contributed by atoms with van der Waals surface area (Å²) in [5.74, 6) is 0. The third-order valence-corrected chi connectivity index (χ3v) is 1.53. The zero-order valence-electron chi connectivity index (χ0n) is 6.92. The van der Waals surface area contributed by atoms with Gasteiger partial charge in [-0.3, -0.25) is 0 Å². The van der Waals surface area contributed by atoms with E-state index < -0.39 is 6.10 Å². The smallest absolute Gasteiger partial charge is 0.0745 e. The Morgan fingerprint density at radius 3 is 2.50 bits per heavy atom. The fourth-order valence-corrected chi connectivity index (χ4v) is 0.670. The Morgan fingerprint density at radius 2 is 2.20 bits per heavy atom. The fraction of sp³-hybridized carbons (Fsp3) is 0.750. The van der Waals surface area contributed by atoms with Crippen molar-refractivity contribution < 1.29 is 9.84 Å². The van der Waals surface area contributed by atoms with Crippen molar-refractivity contribution in [2.24, 2.45) is 0 Å². The first-order valence-corrected chi connectivity index (χ1v) is 3.37. The van der Waals surface area contributed by atoms with Crippen molar-refractivity contribution in [2.45, 2.75) is 32.0 Å². The summed E-state index contributed by atoms with van der Waals surface area (Å²) >= 11 is 0. The predicted molar refractivity (Wildman–Crippen MR) is 41.9 cm³/mol. The second-order valence-corrected chi connectivity index (χ2v) is 2.97. The molecule has 0 aromatic carbocycles. The van der Waals surface area contributed by atoms with E-state index in [0.29, 0.717) is 6.42 Å². The first-order valence-electron chi connectivity index (χ1n) is 3.37. The molecule has 0 aromatic heterocycles. The van der Waals surface area contributed by atoms with Crippen molar-refractivity contribution in [3.8, 4) is 0 Å². The van der Waals surface area contributed by atoms with Gasteiger partial charge in [-0.15, -0.1) is 6.58 Å². The van der Waals surface area contributed by atoms with Gasteiger partial charge in [-0.25, -0.2) is 0 Å². The highest BCUT2D eigenvalue weighted by molar-refractivity contribution is 4.84. The largest absolute Gasteiger partial charge is 0.389 e. The van der Waals surface area contributed by atoms with Crippen LogP contribution in [-0.4, -0.2) is 23.9 Å². The molecule has 1 atom stereocenters. The number of ether oxygens (including phenoxy) is 1. The van der Waals surface area contributed by atoms with Crippen LogP contribution in [0.4, 0.5) is 0 Å². The maximum Gasteiger partial charge on any atom is 0.0745 e. The second kappa shape index (κ2) is 3.74. The van der Waals surface area contributed by atoms with Crippen molar-refractivity contribution in [1.82, 2.24) is 0 Å². The van der Waals surface area contributed by atoms with E-state index in [1.807, 2.05) is 13.8 Å². The molecule has 0 rings (SSSR count). The SMILES string of the molecule is C=CC(O)CC(C)(C)OC. The van der Waals surface area contributed by atoms with Crippen molar-refractivity contribution in [1.29, 1.82) is 0 Å². The van der Waals surface area contributed by atoms with E-state index >= 15 is 0 Å². The average Bonchev–Trinajstić information content (AvgIpc) is 1.87. The lowest BCUT2D eigenvalue weighted by Gasteiger charge is -2.24. The summed E-state index contributed by atoms with van der Waals surface area (Å²) in [6, 6.07) is 0.